The first-order valence-electron chi connectivity index (χ1n) is 6.49. The van der Waals surface area contributed by atoms with E-state index in [4.69, 9.17) is 4.74 Å². The Morgan fingerprint density at radius 3 is 2.42 bits per heavy atom. The van der Waals surface area contributed by atoms with Gasteiger partial charge in [-0.25, -0.2) is 0 Å². The van der Waals surface area contributed by atoms with E-state index in [2.05, 4.69) is 36.4 Å². The molecule has 2 atom stereocenters. The number of rotatable bonds is 5. The minimum absolute atomic E-state index is 0.331. The Kier molecular flexibility index (Phi) is 4.10. The lowest BCUT2D eigenvalue weighted by Crippen LogP contribution is -2.22. The molecule has 2 aromatic rings. The number of nitrogens with one attached hydrogen (secondary N) is 1. The molecule has 102 valence electrons. The van der Waals surface area contributed by atoms with E-state index in [1.807, 2.05) is 31.6 Å². The van der Waals surface area contributed by atoms with E-state index >= 15 is 0 Å². The number of aryl methyl sites for hydroxylation is 1. The van der Waals surface area contributed by atoms with Crippen molar-refractivity contribution in [1.82, 2.24) is 9.78 Å². The van der Waals surface area contributed by atoms with Gasteiger partial charge in [0.1, 0.15) is 5.75 Å². The molecule has 0 aliphatic heterocycles. The molecule has 0 aliphatic carbocycles. The van der Waals surface area contributed by atoms with Crippen molar-refractivity contribution in [2.24, 2.45) is 7.05 Å². The third-order valence-electron chi connectivity index (χ3n) is 3.49. The average Bonchev–Trinajstić information content (AvgIpc) is 2.83. The molecule has 0 saturated heterocycles. The highest BCUT2D eigenvalue weighted by atomic mass is 16.5. The largest absolute Gasteiger partial charge is 0.497 e. The number of hydrogen-bond donors (Lipinski definition) is 1. The Labute approximate surface area is 114 Å². The molecule has 1 heterocycles. The van der Waals surface area contributed by atoms with Crippen molar-refractivity contribution in [3.63, 3.8) is 0 Å². The predicted molar refractivity (Wildman–Crippen MR) is 77.7 cm³/mol. The van der Waals surface area contributed by atoms with Crippen molar-refractivity contribution < 1.29 is 4.74 Å². The number of nitrogens with zero attached hydrogens (tertiary/aromatic N) is 2. The van der Waals surface area contributed by atoms with Crippen molar-refractivity contribution in [3.8, 4) is 5.75 Å². The van der Waals surface area contributed by atoms with Gasteiger partial charge in [0.15, 0.2) is 0 Å². The quantitative estimate of drug-likeness (QED) is 0.897. The van der Waals surface area contributed by atoms with Crippen LogP contribution < -0.4 is 10.1 Å². The molecular weight excluding hydrogens is 238 g/mol. The molecule has 0 bridgehead atoms. The number of ether oxygens (including phenoxy) is 1. The minimum Gasteiger partial charge on any atom is -0.497 e. The molecule has 0 spiro atoms. The van der Waals surface area contributed by atoms with Gasteiger partial charge < -0.3 is 10.1 Å². The number of methoxy groups -OCH3 is 1. The van der Waals surface area contributed by atoms with Crippen molar-refractivity contribution >= 4 is 5.69 Å². The lowest BCUT2D eigenvalue weighted by Gasteiger charge is -2.22. The van der Waals surface area contributed by atoms with Gasteiger partial charge in [-0.05, 0) is 24.6 Å². The normalized spacial score (nSPS) is 13.9. The highest BCUT2D eigenvalue weighted by Crippen LogP contribution is 2.24. The van der Waals surface area contributed by atoms with Crippen LogP contribution in [0.3, 0.4) is 0 Å². The van der Waals surface area contributed by atoms with Gasteiger partial charge in [0.2, 0.25) is 0 Å². The predicted octanol–water partition coefficient (Wildman–Crippen LogP) is 3.03. The van der Waals surface area contributed by atoms with Gasteiger partial charge in [-0.2, -0.15) is 5.10 Å². The molecule has 1 aromatic heterocycles. The monoisotopic (exact) mass is 259 g/mol. The summed E-state index contributed by atoms with van der Waals surface area (Å²) in [5.74, 6) is 1.30. The Balaban J connectivity index is 2.03. The first-order valence-corrected chi connectivity index (χ1v) is 6.49. The Morgan fingerprint density at radius 2 is 1.89 bits per heavy atom. The first-order chi connectivity index (χ1) is 9.10. The molecule has 0 amide bonds. The summed E-state index contributed by atoms with van der Waals surface area (Å²) in [4.78, 5) is 0. The fourth-order valence-corrected chi connectivity index (χ4v) is 2.08. The van der Waals surface area contributed by atoms with Gasteiger partial charge in [-0.15, -0.1) is 0 Å². The SMILES string of the molecule is COc1ccc([C@H](C)[C@@H](C)Nc2cnn(C)c2)cc1. The zero-order chi connectivity index (χ0) is 13.8. The highest BCUT2D eigenvalue weighted by molar-refractivity contribution is 5.40. The van der Waals surface area contributed by atoms with Crippen LogP contribution in [0.4, 0.5) is 5.69 Å². The maximum absolute atomic E-state index is 5.18. The zero-order valence-electron chi connectivity index (χ0n) is 11.9. The summed E-state index contributed by atoms with van der Waals surface area (Å²) in [6, 6.07) is 8.57. The minimum atomic E-state index is 0.331. The van der Waals surface area contributed by atoms with Crippen molar-refractivity contribution in [3.05, 3.63) is 42.2 Å². The summed E-state index contributed by atoms with van der Waals surface area (Å²) in [5, 5.41) is 7.64. The summed E-state index contributed by atoms with van der Waals surface area (Å²) < 4.78 is 6.98. The maximum Gasteiger partial charge on any atom is 0.118 e. The van der Waals surface area contributed by atoms with Crippen molar-refractivity contribution in [2.45, 2.75) is 25.8 Å². The molecular formula is C15H21N3O. The fourth-order valence-electron chi connectivity index (χ4n) is 2.08. The van der Waals surface area contributed by atoms with Crippen LogP contribution in [0.5, 0.6) is 5.75 Å². The summed E-state index contributed by atoms with van der Waals surface area (Å²) in [6.45, 7) is 4.40. The van der Waals surface area contributed by atoms with Crippen LogP contribution >= 0.6 is 0 Å². The molecule has 0 saturated carbocycles. The molecule has 4 heteroatoms. The zero-order valence-corrected chi connectivity index (χ0v) is 11.9. The first kappa shape index (κ1) is 13.5. The van der Waals surface area contributed by atoms with Gasteiger partial charge in [0.05, 0.1) is 19.0 Å². The molecule has 2 rings (SSSR count). The molecule has 0 unspecified atom stereocenters. The van der Waals surface area contributed by atoms with Crippen LogP contribution in [0.1, 0.15) is 25.3 Å². The Hall–Kier alpha value is -1.97. The summed E-state index contributed by atoms with van der Waals surface area (Å²) in [6.07, 6.45) is 3.83. The van der Waals surface area contributed by atoms with Gasteiger partial charge in [0, 0.05) is 25.2 Å². The molecule has 0 fully saturated rings. The Bertz CT molecular complexity index is 518. The van der Waals surface area contributed by atoms with Crippen LogP contribution in [0.25, 0.3) is 0 Å². The average molecular weight is 259 g/mol. The smallest absolute Gasteiger partial charge is 0.118 e. The lowest BCUT2D eigenvalue weighted by atomic mass is 9.94. The van der Waals surface area contributed by atoms with Crippen LogP contribution in [0.2, 0.25) is 0 Å². The molecule has 4 nitrogen and oxygen atoms in total. The van der Waals surface area contributed by atoms with Crippen LogP contribution in [0.15, 0.2) is 36.7 Å². The molecule has 1 aromatic carbocycles. The molecule has 19 heavy (non-hydrogen) atoms. The van der Waals surface area contributed by atoms with Gasteiger partial charge in [-0.1, -0.05) is 19.1 Å². The summed E-state index contributed by atoms with van der Waals surface area (Å²) in [7, 11) is 3.60. The van der Waals surface area contributed by atoms with Crippen LogP contribution in [0, 0.1) is 0 Å². The number of aromatic nitrogens is 2. The Morgan fingerprint density at radius 1 is 1.21 bits per heavy atom. The van der Waals surface area contributed by atoms with E-state index < -0.39 is 0 Å². The summed E-state index contributed by atoms with van der Waals surface area (Å²) >= 11 is 0. The van der Waals surface area contributed by atoms with E-state index in [0.717, 1.165) is 11.4 Å². The standard InChI is InChI=1S/C15H21N3O/c1-11(13-5-7-15(19-4)8-6-13)12(2)17-14-9-16-18(3)10-14/h5-12,17H,1-4H3/t11-,12-/m1/s1. The highest BCUT2D eigenvalue weighted by Gasteiger charge is 2.14. The van der Waals surface area contributed by atoms with Crippen molar-refractivity contribution in [2.75, 3.05) is 12.4 Å². The van der Waals surface area contributed by atoms with Crippen LogP contribution in [-0.2, 0) is 7.05 Å². The van der Waals surface area contributed by atoms with Gasteiger partial charge >= 0.3 is 0 Å². The number of benzene rings is 1. The van der Waals surface area contributed by atoms with Gasteiger partial charge in [-0.3, -0.25) is 4.68 Å². The van der Waals surface area contributed by atoms with E-state index in [9.17, 15) is 0 Å². The second kappa shape index (κ2) is 5.78. The van der Waals surface area contributed by atoms with E-state index in [1.165, 1.54) is 5.56 Å². The van der Waals surface area contributed by atoms with E-state index in [0.29, 0.717) is 12.0 Å². The number of hydrogen-bond acceptors (Lipinski definition) is 3. The third-order valence-corrected chi connectivity index (χ3v) is 3.49. The number of anilines is 1. The topological polar surface area (TPSA) is 39.1 Å². The third kappa shape index (κ3) is 3.28. The summed E-state index contributed by atoms with van der Waals surface area (Å²) in [5.41, 5.74) is 2.35. The molecule has 1 N–H and O–H groups in total. The van der Waals surface area contributed by atoms with Gasteiger partial charge in [0.25, 0.3) is 0 Å². The fraction of sp³-hybridized carbons (Fsp3) is 0.400. The molecule has 0 radical (unpaired) electrons. The van der Waals surface area contributed by atoms with E-state index in [-0.39, 0.29) is 0 Å². The van der Waals surface area contributed by atoms with Crippen LogP contribution in [-0.4, -0.2) is 22.9 Å². The molecule has 0 aliphatic rings. The second-order valence-corrected chi connectivity index (χ2v) is 4.90. The maximum atomic E-state index is 5.18. The lowest BCUT2D eigenvalue weighted by molar-refractivity contribution is 0.414. The van der Waals surface area contributed by atoms with E-state index in [1.54, 1.807) is 11.8 Å². The van der Waals surface area contributed by atoms with Crippen molar-refractivity contribution in [1.29, 1.82) is 0 Å². The second-order valence-electron chi connectivity index (χ2n) is 4.90.